The molecule has 7 nitrogen and oxygen atoms in total. The molecule has 0 aliphatic heterocycles. The highest BCUT2D eigenvalue weighted by Gasteiger charge is 2.22. The number of carboxylic acid groups (broad SMARTS) is 1. The Hall–Kier alpha value is -2.59. The van der Waals surface area contributed by atoms with Crippen molar-refractivity contribution in [3.8, 4) is 5.69 Å². The minimum absolute atomic E-state index is 0.0273. The number of nitrogens with zero attached hydrogens (tertiary/aromatic N) is 3. The van der Waals surface area contributed by atoms with Crippen LogP contribution in [0.15, 0.2) is 23.0 Å². The van der Waals surface area contributed by atoms with E-state index in [1.165, 1.54) is 0 Å². The zero-order valence-corrected chi connectivity index (χ0v) is 12.4. The van der Waals surface area contributed by atoms with Gasteiger partial charge in [-0.2, -0.15) is 13.5 Å². The Morgan fingerprint density at radius 1 is 1.42 bits per heavy atom. The number of rotatable bonds is 5. The molecule has 0 amide bonds. The molecule has 24 heavy (non-hydrogen) atoms. The van der Waals surface area contributed by atoms with Crippen molar-refractivity contribution in [3.05, 3.63) is 50.9 Å². The fourth-order valence-electron chi connectivity index (χ4n) is 1.88. The van der Waals surface area contributed by atoms with Crippen molar-refractivity contribution in [1.29, 1.82) is 0 Å². The van der Waals surface area contributed by atoms with Gasteiger partial charge >= 0.3 is 18.2 Å². The SMILES string of the molecule is O=C(O)/C=C/c1cc(-n2nc(CO)n(C(F)F)c2=O)c(F)cc1Cl. The van der Waals surface area contributed by atoms with Gasteiger partial charge in [0.15, 0.2) is 11.6 Å². The molecule has 0 atom stereocenters. The first-order valence-corrected chi connectivity index (χ1v) is 6.64. The largest absolute Gasteiger partial charge is 0.478 e. The van der Waals surface area contributed by atoms with Crippen LogP contribution in [0.2, 0.25) is 5.02 Å². The van der Waals surface area contributed by atoms with Crippen molar-refractivity contribution in [2.45, 2.75) is 13.2 Å². The monoisotopic (exact) mass is 363 g/mol. The highest BCUT2D eigenvalue weighted by atomic mass is 35.5. The maximum atomic E-state index is 14.1. The number of carboxylic acids is 1. The molecule has 0 spiro atoms. The standard InChI is InChI=1S/C13H9ClF3N3O4/c14-7-4-8(15)9(3-6(7)1-2-11(22)23)20-13(24)19(12(16)17)10(5-21)18-20/h1-4,12,21H,5H2,(H,22,23)/b2-1+. The van der Waals surface area contributed by atoms with E-state index in [-0.39, 0.29) is 15.2 Å². The van der Waals surface area contributed by atoms with E-state index in [4.69, 9.17) is 21.8 Å². The molecule has 1 heterocycles. The third-order valence-electron chi connectivity index (χ3n) is 2.92. The summed E-state index contributed by atoms with van der Waals surface area (Å²) in [5, 5.41) is 20.9. The van der Waals surface area contributed by atoms with E-state index in [1.807, 2.05) is 0 Å². The molecule has 128 valence electrons. The Morgan fingerprint density at radius 3 is 2.58 bits per heavy atom. The third-order valence-corrected chi connectivity index (χ3v) is 3.24. The summed E-state index contributed by atoms with van der Waals surface area (Å²) in [5.74, 6) is -3.00. The minimum atomic E-state index is -3.28. The highest BCUT2D eigenvalue weighted by Crippen LogP contribution is 2.24. The summed E-state index contributed by atoms with van der Waals surface area (Å²) in [6.07, 6.45) is 1.76. The molecule has 0 aliphatic rings. The summed E-state index contributed by atoms with van der Waals surface area (Å²) in [4.78, 5) is 22.5. The highest BCUT2D eigenvalue weighted by molar-refractivity contribution is 6.32. The second kappa shape index (κ2) is 6.89. The van der Waals surface area contributed by atoms with Gasteiger partial charge in [-0.05, 0) is 23.8 Å². The lowest BCUT2D eigenvalue weighted by molar-refractivity contribution is -0.131. The number of hydrogen-bond acceptors (Lipinski definition) is 4. The molecule has 0 saturated carbocycles. The first-order chi connectivity index (χ1) is 11.3. The summed E-state index contributed by atoms with van der Waals surface area (Å²) in [5.41, 5.74) is -1.87. The molecule has 11 heteroatoms. The van der Waals surface area contributed by atoms with Crippen LogP contribution >= 0.6 is 11.6 Å². The summed E-state index contributed by atoms with van der Waals surface area (Å²) in [6, 6.07) is 1.76. The summed E-state index contributed by atoms with van der Waals surface area (Å²) in [6.45, 7) is -4.25. The van der Waals surface area contributed by atoms with Crippen LogP contribution in [-0.2, 0) is 11.4 Å². The summed E-state index contributed by atoms with van der Waals surface area (Å²) in [7, 11) is 0. The first-order valence-electron chi connectivity index (χ1n) is 6.26. The third kappa shape index (κ3) is 3.34. The molecule has 0 bridgehead atoms. The fraction of sp³-hybridized carbons (Fsp3) is 0.154. The second-order valence-corrected chi connectivity index (χ2v) is 4.82. The molecule has 1 aromatic heterocycles. The zero-order chi connectivity index (χ0) is 18.0. The molecular formula is C13H9ClF3N3O4. The van der Waals surface area contributed by atoms with E-state index in [0.29, 0.717) is 4.68 Å². The van der Waals surface area contributed by atoms with E-state index in [1.54, 1.807) is 0 Å². The van der Waals surface area contributed by atoms with Crippen LogP contribution in [0.1, 0.15) is 17.9 Å². The molecule has 0 aliphatic carbocycles. The predicted molar refractivity (Wildman–Crippen MR) is 76.6 cm³/mol. The quantitative estimate of drug-likeness (QED) is 0.790. The van der Waals surface area contributed by atoms with Crippen LogP contribution in [0, 0.1) is 5.82 Å². The van der Waals surface area contributed by atoms with Crippen LogP contribution in [0.3, 0.4) is 0 Å². The second-order valence-electron chi connectivity index (χ2n) is 4.41. The van der Waals surface area contributed by atoms with Gasteiger partial charge < -0.3 is 10.2 Å². The van der Waals surface area contributed by atoms with Crippen LogP contribution in [0.5, 0.6) is 0 Å². The Bertz CT molecular complexity index is 876. The van der Waals surface area contributed by atoms with E-state index >= 15 is 0 Å². The average molecular weight is 364 g/mol. The smallest absolute Gasteiger partial charge is 0.355 e. The number of carbonyl (C=O) groups is 1. The number of aliphatic carboxylic acids is 1. The van der Waals surface area contributed by atoms with Crippen LogP contribution in [0.4, 0.5) is 13.2 Å². The topological polar surface area (TPSA) is 97.3 Å². The molecule has 2 aromatic rings. The molecule has 0 saturated heterocycles. The van der Waals surface area contributed by atoms with Crippen molar-refractivity contribution >= 4 is 23.6 Å². The van der Waals surface area contributed by atoms with E-state index in [2.05, 4.69) is 5.10 Å². The lowest BCUT2D eigenvalue weighted by atomic mass is 10.1. The number of alkyl halides is 2. The zero-order valence-electron chi connectivity index (χ0n) is 11.7. The molecule has 0 unspecified atom stereocenters. The van der Waals surface area contributed by atoms with E-state index < -0.39 is 42.1 Å². The van der Waals surface area contributed by atoms with Crippen LogP contribution < -0.4 is 5.69 Å². The number of aliphatic hydroxyl groups is 1. The van der Waals surface area contributed by atoms with Crippen molar-refractivity contribution in [2.24, 2.45) is 0 Å². The summed E-state index contributed by atoms with van der Waals surface area (Å²) >= 11 is 5.77. The number of hydrogen-bond donors (Lipinski definition) is 2. The molecule has 0 radical (unpaired) electrons. The van der Waals surface area contributed by atoms with Gasteiger partial charge in [0.2, 0.25) is 0 Å². The lowest BCUT2D eigenvalue weighted by Crippen LogP contribution is -2.25. The van der Waals surface area contributed by atoms with Gasteiger partial charge in [-0.3, -0.25) is 0 Å². The van der Waals surface area contributed by atoms with Gasteiger partial charge in [-0.15, -0.1) is 5.10 Å². The number of aliphatic hydroxyl groups excluding tert-OH is 1. The van der Waals surface area contributed by atoms with Gasteiger partial charge in [-0.1, -0.05) is 11.6 Å². The number of halogens is 4. The molecular weight excluding hydrogens is 355 g/mol. The maximum absolute atomic E-state index is 14.1. The number of benzene rings is 1. The fourth-order valence-corrected chi connectivity index (χ4v) is 2.10. The Balaban J connectivity index is 2.67. The summed E-state index contributed by atoms with van der Waals surface area (Å²) < 4.78 is 40.0. The Kier molecular flexibility index (Phi) is 5.10. The minimum Gasteiger partial charge on any atom is -0.478 e. The molecule has 2 N–H and O–H groups in total. The molecule has 1 aromatic carbocycles. The van der Waals surface area contributed by atoms with Gasteiger partial charge in [0.05, 0.1) is 5.02 Å². The molecule has 2 rings (SSSR count). The van der Waals surface area contributed by atoms with Crippen LogP contribution in [0.25, 0.3) is 11.8 Å². The molecule has 0 fully saturated rings. The lowest BCUT2D eigenvalue weighted by Gasteiger charge is -2.05. The van der Waals surface area contributed by atoms with Gasteiger partial charge in [0.1, 0.15) is 12.3 Å². The van der Waals surface area contributed by atoms with Crippen molar-refractivity contribution in [3.63, 3.8) is 0 Å². The number of aromatic nitrogens is 3. The van der Waals surface area contributed by atoms with Crippen molar-refractivity contribution in [2.75, 3.05) is 0 Å². The van der Waals surface area contributed by atoms with E-state index in [0.717, 1.165) is 24.3 Å². The van der Waals surface area contributed by atoms with Gasteiger partial charge in [0, 0.05) is 6.08 Å². The average Bonchev–Trinajstić information content (AvgIpc) is 2.83. The Labute approximate surface area is 136 Å². The predicted octanol–water partition coefficient (Wildman–Crippen LogP) is 1.81. The Morgan fingerprint density at radius 2 is 2.08 bits per heavy atom. The van der Waals surface area contributed by atoms with Crippen molar-refractivity contribution in [1.82, 2.24) is 14.3 Å². The van der Waals surface area contributed by atoms with E-state index in [9.17, 15) is 22.8 Å². The first kappa shape index (κ1) is 17.8. The van der Waals surface area contributed by atoms with Gasteiger partial charge in [-0.25, -0.2) is 18.5 Å². The van der Waals surface area contributed by atoms with Crippen LogP contribution in [-0.4, -0.2) is 30.5 Å². The van der Waals surface area contributed by atoms with Gasteiger partial charge in [0.25, 0.3) is 0 Å². The van der Waals surface area contributed by atoms with Crippen molar-refractivity contribution < 1.29 is 28.2 Å². The normalized spacial score (nSPS) is 11.6. The maximum Gasteiger partial charge on any atom is 0.355 e.